The van der Waals surface area contributed by atoms with Crippen LogP contribution in [0.3, 0.4) is 0 Å². The van der Waals surface area contributed by atoms with Gasteiger partial charge in [0.05, 0.1) is 20.6 Å². The molecule has 10 heteroatoms. The van der Waals surface area contributed by atoms with Crippen molar-refractivity contribution >= 4 is 49.0 Å². The fourth-order valence-corrected chi connectivity index (χ4v) is 2.67. The Bertz CT molecular complexity index is 698. The lowest BCUT2D eigenvalue weighted by atomic mass is 10.0. The van der Waals surface area contributed by atoms with Gasteiger partial charge in [0.15, 0.2) is 0 Å². The van der Waals surface area contributed by atoms with Crippen LogP contribution < -0.4 is 10.6 Å². The van der Waals surface area contributed by atoms with E-state index in [1.807, 2.05) is 0 Å². The lowest BCUT2D eigenvalue weighted by Crippen LogP contribution is -2.44. The zero-order valence-corrected chi connectivity index (χ0v) is 16.7. The van der Waals surface area contributed by atoms with Crippen molar-refractivity contribution in [2.75, 3.05) is 25.7 Å². The quantitative estimate of drug-likeness (QED) is 0.335. The number of ether oxygens (including phenoxy) is 2. The van der Waals surface area contributed by atoms with Crippen LogP contribution in [-0.2, 0) is 30.3 Å². The Balaban J connectivity index is 2.89. The Morgan fingerprint density at radius 2 is 1.44 bits per heavy atom. The molecule has 0 aromatic heterocycles. The van der Waals surface area contributed by atoms with Crippen LogP contribution in [0.5, 0.6) is 0 Å². The molecule has 8 nitrogen and oxygen atoms in total. The molecule has 1 aromatic carbocycles. The van der Waals surface area contributed by atoms with Gasteiger partial charge < -0.3 is 20.1 Å². The standard InChI is InChI=1S/C17H22N2O6S2/c1-24-16(22)12(8-26)18-14(20)7-10-5-3-4-6-11(10)15(21)19-13(9-27)17(23)25-2/h3-6,12-13,26-27H,7-9H2,1-2H3,(H,18,20)(H,19,21). The third-order valence-corrected chi connectivity index (χ3v) is 4.32. The number of carbonyl (C=O) groups excluding carboxylic acids is 4. The highest BCUT2D eigenvalue weighted by molar-refractivity contribution is 7.80. The number of esters is 2. The minimum atomic E-state index is -0.916. The van der Waals surface area contributed by atoms with Gasteiger partial charge in [-0.15, -0.1) is 0 Å². The Labute approximate surface area is 168 Å². The molecule has 2 amide bonds. The highest BCUT2D eigenvalue weighted by atomic mass is 32.1. The minimum absolute atomic E-state index is 0.0593. The van der Waals surface area contributed by atoms with Crippen LogP contribution in [0.15, 0.2) is 24.3 Å². The fourth-order valence-electron chi connectivity index (χ4n) is 2.19. The van der Waals surface area contributed by atoms with E-state index in [1.165, 1.54) is 20.3 Å². The molecule has 1 rings (SSSR count). The van der Waals surface area contributed by atoms with E-state index < -0.39 is 35.8 Å². The molecule has 0 aliphatic heterocycles. The zero-order valence-electron chi connectivity index (χ0n) is 14.9. The largest absolute Gasteiger partial charge is 0.467 e. The van der Waals surface area contributed by atoms with E-state index in [9.17, 15) is 19.2 Å². The number of carbonyl (C=O) groups is 4. The molecule has 0 saturated heterocycles. The Morgan fingerprint density at radius 3 is 1.96 bits per heavy atom. The van der Waals surface area contributed by atoms with Crippen molar-refractivity contribution in [1.29, 1.82) is 0 Å². The van der Waals surface area contributed by atoms with Crippen molar-refractivity contribution in [3.8, 4) is 0 Å². The Hall–Kier alpha value is -2.20. The Kier molecular flexibility index (Phi) is 9.73. The van der Waals surface area contributed by atoms with Crippen molar-refractivity contribution < 1.29 is 28.7 Å². The molecule has 0 radical (unpaired) electrons. The highest BCUT2D eigenvalue weighted by Crippen LogP contribution is 2.11. The summed E-state index contributed by atoms with van der Waals surface area (Å²) in [5.74, 6) is -2.12. The summed E-state index contributed by atoms with van der Waals surface area (Å²) in [4.78, 5) is 47.9. The predicted molar refractivity (Wildman–Crippen MR) is 105 cm³/mol. The molecule has 2 atom stereocenters. The van der Waals surface area contributed by atoms with Crippen LogP contribution in [0.1, 0.15) is 15.9 Å². The summed E-state index contributed by atoms with van der Waals surface area (Å²) >= 11 is 8.03. The summed E-state index contributed by atoms with van der Waals surface area (Å²) < 4.78 is 9.19. The normalized spacial score (nSPS) is 12.4. The number of amides is 2. The smallest absolute Gasteiger partial charge is 0.329 e. The molecule has 0 fully saturated rings. The average molecular weight is 415 g/mol. The molecule has 0 spiro atoms. The second-order valence-corrected chi connectivity index (χ2v) is 6.12. The lowest BCUT2D eigenvalue weighted by Gasteiger charge is -2.17. The summed E-state index contributed by atoms with van der Waals surface area (Å²) in [6.45, 7) is 0. The number of rotatable bonds is 9. The van der Waals surface area contributed by atoms with E-state index in [1.54, 1.807) is 18.2 Å². The molecule has 0 saturated carbocycles. The SMILES string of the molecule is COC(=O)C(CS)NC(=O)Cc1ccccc1C(=O)NC(CS)C(=O)OC. The molecule has 0 aliphatic rings. The summed E-state index contributed by atoms with van der Waals surface area (Å²) in [6, 6.07) is 4.64. The van der Waals surface area contributed by atoms with Crippen molar-refractivity contribution in [3.05, 3.63) is 35.4 Å². The van der Waals surface area contributed by atoms with Gasteiger partial charge in [-0.25, -0.2) is 9.59 Å². The van der Waals surface area contributed by atoms with Crippen molar-refractivity contribution in [1.82, 2.24) is 10.6 Å². The first-order valence-electron chi connectivity index (χ1n) is 7.93. The van der Waals surface area contributed by atoms with Crippen molar-refractivity contribution in [2.45, 2.75) is 18.5 Å². The third-order valence-electron chi connectivity index (χ3n) is 3.59. The summed E-state index contributed by atoms with van der Waals surface area (Å²) in [6.07, 6.45) is -0.144. The number of hydrogen-bond donors (Lipinski definition) is 4. The van der Waals surface area contributed by atoms with Gasteiger partial charge >= 0.3 is 11.9 Å². The second kappa shape index (κ2) is 11.5. The number of hydrogen-bond acceptors (Lipinski definition) is 8. The first kappa shape index (κ1) is 22.8. The van der Waals surface area contributed by atoms with Crippen LogP contribution >= 0.6 is 25.3 Å². The maximum atomic E-state index is 12.5. The molecular formula is C17H22N2O6S2. The van der Waals surface area contributed by atoms with E-state index in [-0.39, 0.29) is 23.5 Å². The molecule has 27 heavy (non-hydrogen) atoms. The lowest BCUT2D eigenvalue weighted by molar-refractivity contribution is -0.144. The van der Waals surface area contributed by atoms with E-state index in [0.29, 0.717) is 5.56 Å². The van der Waals surface area contributed by atoms with Crippen LogP contribution in [0.2, 0.25) is 0 Å². The number of benzene rings is 1. The van der Waals surface area contributed by atoms with Gasteiger partial charge in [-0.05, 0) is 11.6 Å². The summed E-state index contributed by atoms with van der Waals surface area (Å²) in [7, 11) is 2.42. The molecule has 2 N–H and O–H groups in total. The highest BCUT2D eigenvalue weighted by Gasteiger charge is 2.24. The van der Waals surface area contributed by atoms with Gasteiger partial charge in [0.2, 0.25) is 5.91 Å². The molecule has 0 bridgehead atoms. The average Bonchev–Trinajstić information content (AvgIpc) is 2.69. The summed E-state index contributed by atoms with van der Waals surface area (Å²) in [5.41, 5.74) is 0.655. The van der Waals surface area contributed by atoms with Crippen molar-refractivity contribution in [2.24, 2.45) is 0 Å². The van der Waals surface area contributed by atoms with Crippen LogP contribution in [0.25, 0.3) is 0 Å². The first-order chi connectivity index (χ1) is 12.9. The number of methoxy groups -OCH3 is 2. The third kappa shape index (κ3) is 6.79. The van der Waals surface area contributed by atoms with E-state index in [2.05, 4.69) is 45.4 Å². The van der Waals surface area contributed by atoms with Gasteiger partial charge in [0.25, 0.3) is 5.91 Å². The maximum absolute atomic E-state index is 12.5. The van der Waals surface area contributed by atoms with Gasteiger partial charge in [-0.2, -0.15) is 25.3 Å². The predicted octanol–water partition coefficient (Wildman–Crippen LogP) is 0.0179. The van der Waals surface area contributed by atoms with Crippen LogP contribution in [0.4, 0.5) is 0 Å². The number of thiol groups is 2. The van der Waals surface area contributed by atoms with Gasteiger partial charge in [0, 0.05) is 17.1 Å². The molecular weight excluding hydrogens is 392 g/mol. The molecule has 148 valence electrons. The van der Waals surface area contributed by atoms with E-state index in [4.69, 9.17) is 0 Å². The minimum Gasteiger partial charge on any atom is -0.467 e. The van der Waals surface area contributed by atoms with Gasteiger partial charge in [-0.3, -0.25) is 9.59 Å². The zero-order chi connectivity index (χ0) is 20.4. The fraction of sp³-hybridized carbons (Fsp3) is 0.412. The molecule has 0 aliphatic carbocycles. The molecule has 1 aromatic rings. The molecule has 2 unspecified atom stereocenters. The maximum Gasteiger partial charge on any atom is 0.329 e. The monoisotopic (exact) mass is 414 g/mol. The van der Waals surface area contributed by atoms with Crippen LogP contribution in [0, 0.1) is 0 Å². The van der Waals surface area contributed by atoms with Gasteiger partial charge in [0.1, 0.15) is 12.1 Å². The van der Waals surface area contributed by atoms with Crippen LogP contribution in [-0.4, -0.2) is 61.6 Å². The Morgan fingerprint density at radius 1 is 0.926 bits per heavy atom. The molecule has 0 heterocycles. The first-order valence-corrected chi connectivity index (χ1v) is 9.19. The second-order valence-electron chi connectivity index (χ2n) is 5.39. The van der Waals surface area contributed by atoms with E-state index in [0.717, 1.165) is 0 Å². The van der Waals surface area contributed by atoms with Gasteiger partial charge in [-0.1, -0.05) is 18.2 Å². The van der Waals surface area contributed by atoms with E-state index >= 15 is 0 Å². The summed E-state index contributed by atoms with van der Waals surface area (Å²) in [5, 5.41) is 5.02. The number of nitrogens with one attached hydrogen (secondary N) is 2. The topological polar surface area (TPSA) is 111 Å². The van der Waals surface area contributed by atoms with Crippen molar-refractivity contribution in [3.63, 3.8) is 0 Å².